The Morgan fingerprint density at radius 2 is 2.25 bits per heavy atom. The van der Waals surface area contributed by atoms with Gasteiger partial charge in [0.2, 0.25) is 10.0 Å². The van der Waals surface area contributed by atoms with Gasteiger partial charge in [0, 0.05) is 16.6 Å². The molecule has 2 rings (SSSR count). The summed E-state index contributed by atoms with van der Waals surface area (Å²) in [4.78, 5) is 4.14. The molecule has 5 nitrogen and oxygen atoms in total. The normalized spacial score (nSPS) is 13.3. The van der Waals surface area contributed by atoms with E-state index in [0.717, 1.165) is 0 Å². The van der Waals surface area contributed by atoms with Crippen molar-refractivity contribution >= 4 is 33.0 Å². The van der Waals surface area contributed by atoms with Crippen molar-refractivity contribution in [2.24, 2.45) is 0 Å². The van der Waals surface area contributed by atoms with Crippen LogP contribution >= 0.6 is 22.9 Å². The highest BCUT2D eigenvalue weighted by atomic mass is 35.5. The molecule has 0 aliphatic heterocycles. The van der Waals surface area contributed by atoms with Crippen LogP contribution in [0.3, 0.4) is 0 Å². The van der Waals surface area contributed by atoms with Gasteiger partial charge in [0.1, 0.15) is 5.01 Å². The molecule has 0 saturated carbocycles. The Bertz CT molecular complexity index is 687. The zero-order valence-electron chi connectivity index (χ0n) is 10.6. The summed E-state index contributed by atoms with van der Waals surface area (Å²) in [5.41, 5.74) is 0.372. The molecule has 1 aromatic heterocycles. The van der Waals surface area contributed by atoms with Crippen molar-refractivity contribution in [3.8, 4) is 0 Å². The van der Waals surface area contributed by atoms with Crippen LogP contribution in [0.25, 0.3) is 0 Å². The van der Waals surface area contributed by atoms with Crippen molar-refractivity contribution in [1.29, 1.82) is 0 Å². The van der Waals surface area contributed by atoms with Crippen LogP contribution in [0.5, 0.6) is 0 Å². The topological polar surface area (TPSA) is 79.3 Å². The van der Waals surface area contributed by atoms with E-state index in [0.29, 0.717) is 15.6 Å². The van der Waals surface area contributed by atoms with E-state index < -0.39 is 16.1 Å². The molecule has 1 aromatic carbocycles. The fraction of sp³-hybridized carbons (Fsp3) is 0.250. The van der Waals surface area contributed by atoms with Gasteiger partial charge in [-0.05, 0) is 30.7 Å². The van der Waals surface area contributed by atoms with E-state index >= 15 is 0 Å². The minimum Gasteiger partial charge on any atom is -0.392 e. The maximum absolute atomic E-state index is 12.3. The summed E-state index contributed by atoms with van der Waals surface area (Å²) < 4.78 is 27.1. The Labute approximate surface area is 126 Å². The molecule has 2 N–H and O–H groups in total. The first kappa shape index (κ1) is 15.4. The molecule has 0 aliphatic rings. The summed E-state index contributed by atoms with van der Waals surface area (Å²) in [6.45, 7) is 1.41. The Morgan fingerprint density at radius 3 is 2.85 bits per heavy atom. The fourth-order valence-corrected chi connectivity index (χ4v) is 3.79. The number of aromatic nitrogens is 1. The molecule has 1 unspecified atom stereocenters. The SMILES string of the molecule is CC(NS(=O)(=O)c1ccc(Cl)c(CO)c1)c1nccs1. The summed E-state index contributed by atoms with van der Waals surface area (Å²) >= 11 is 7.23. The molecule has 1 atom stereocenters. The van der Waals surface area contributed by atoms with Gasteiger partial charge < -0.3 is 5.11 Å². The van der Waals surface area contributed by atoms with E-state index in [1.54, 1.807) is 18.5 Å². The molecule has 8 heteroatoms. The first-order chi connectivity index (χ1) is 9.44. The molecule has 0 fully saturated rings. The maximum atomic E-state index is 12.3. The van der Waals surface area contributed by atoms with E-state index in [4.69, 9.17) is 16.7 Å². The summed E-state index contributed by atoms with van der Waals surface area (Å²) in [7, 11) is -3.69. The monoisotopic (exact) mass is 332 g/mol. The molecule has 1 heterocycles. The van der Waals surface area contributed by atoms with Crippen LogP contribution in [0.15, 0.2) is 34.7 Å². The molecule has 0 aliphatic carbocycles. The first-order valence-electron chi connectivity index (χ1n) is 5.75. The molecule has 0 saturated heterocycles. The molecular formula is C12H13ClN2O3S2. The highest BCUT2D eigenvalue weighted by Gasteiger charge is 2.20. The van der Waals surface area contributed by atoms with Crippen LogP contribution in [0.2, 0.25) is 5.02 Å². The highest BCUT2D eigenvalue weighted by Crippen LogP contribution is 2.22. The predicted octanol–water partition coefficient (Wildman–Crippen LogP) is 2.33. The molecule has 0 radical (unpaired) electrons. The zero-order valence-corrected chi connectivity index (χ0v) is 13.0. The lowest BCUT2D eigenvalue weighted by Crippen LogP contribution is -2.26. The van der Waals surface area contributed by atoms with Crippen molar-refractivity contribution in [3.63, 3.8) is 0 Å². The number of nitrogens with one attached hydrogen (secondary N) is 1. The minimum atomic E-state index is -3.69. The number of hydrogen-bond donors (Lipinski definition) is 2. The lowest BCUT2D eigenvalue weighted by Gasteiger charge is -2.13. The first-order valence-corrected chi connectivity index (χ1v) is 8.49. The second-order valence-corrected chi connectivity index (χ2v) is 7.17. The van der Waals surface area contributed by atoms with Crippen LogP contribution in [0, 0.1) is 0 Å². The highest BCUT2D eigenvalue weighted by molar-refractivity contribution is 7.89. The third kappa shape index (κ3) is 3.36. The number of rotatable bonds is 5. The van der Waals surface area contributed by atoms with Crippen molar-refractivity contribution < 1.29 is 13.5 Å². The van der Waals surface area contributed by atoms with E-state index in [-0.39, 0.29) is 11.5 Å². The smallest absolute Gasteiger partial charge is 0.241 e. The molecule has 108 valence electrons. The van der Waals surface area contributed by atoms with Crippen LogP contribution in [-0.2, 0) is 16.6 Å². The number of aliphatic hydroxyl groups is 1. The van der Waals surface area contributed by atoms with Crippen molar-refractivity contribution in [2.45, 2.75) is 24.5 Å². The van der Waals surface area contributed by atoms with Crippen molar-refractivity contribution in [2.75, 3.05) is 0 Å². The molecule has 0 bridgehead atoms. The lowest BCUT2D eigenvalue weighted by atomic mass is 10.2. The van der Waals surface area contributed by atoms with Gasteiger partial charge in [-0.2, -0.15) is 0 Å². The second kappa shape index (κ2) is 6.19. The van der Waals surface area contributed by atoms with Crippen LogP contribution in [0.4, 0.5) is 0 Å². The molecular weight excluding hydrogens is 320 g/mol. The Hall–Kier alpha value is -0.990. The van der Waals surface area contributed by atoms with Gasteiger partial charge in [-0.25, -0.2) is 18.1 Å². The molecule has 2 aromatic rings. The van der Waals surface area contributed by atoms with E-state index in [1.165, 1.54) is 29.5 Å². The van der Waals surface area contributed by atoms with Gasteiger partial charge in [-0.1, -0.05) is 11.6 Å². The summed E-state index contributed by atoms with van der Waals surface area (Å²) in [5, 5.41) is 11.9. The van der Waals surface area contributed by atoms with Crippen LogP contribution < -0.4 is 4.72 Å². The minimum absolute atomic E-state index is 0.0642. The number of hydrogen-bond acceptors (Lipinski definition) is 5. The lowest BCUT2D eigenvalue weighted by molar-refractivity contribution is 0.281. The van der Waals surface area contributed by atoms with E-state index in [2.05, 4.69) is 9.71 Å². The molecule has 20 heavy (non-hydrogen) atoms. The van der Waals surface area contributed by atoms with Gasteiger partial charge in [-0.15, -0.1) is 11.3 Å². The Morgan fingerprint density at radius 1 is 1.50 bits per heavy atom. The Kier molecular flexibility index (Phi) is 4.77. The van der Waals surface area contributed by atoms with Crippen LogP contribution in [-0.4, -0.2) is 18.5 Å². The molecule has 0 spiro atoms. The van der Waals surface area contributed by atoms with Gasteiger partial charge in [-0.3, -0.25) is 0 Å². The van der Waals surface area contributed by atoms with Gasteiger partial charge in [0.15, 0.2) is 0 Å². The second-order valence-electron chi connectivity index (χ2n) is 4.12. The fourth-order valence-electron chi connectivity index (χ4n) is 1.64. The number of nitrogens with zero attached hydrogens (tertiary/aromatic N) is 1. The zero-order chi connectivity index (χ0) is 14.8. The largest absolute Gasteiger partial charge is 0.392 e. The summed E-state index contributed by atoms with van der Waals surface area (Å²) in [6.07, 6.45) is 1.62. The van der Waals surface area contributed by atoms with E-state index in [9.17, 15) is 8.42 Å². The van der Waals surface area contributed by atoms with Crippen molar-refractivity contribution in [1.82, 2.24) is 9.71 Å². The summed E-state index contributed by atoms with van der Waals surface area (Å²) in [6, 6.07) is 3.79. The number of sulfonamides is 1. The average molecular weight is 333 g/mol. The quantitative estimate of drug-likeness (QED) is 0.880. The van der Waals surface area contributed by atoms with Crippen molar-refractivity contribution in [3.05, 3.63) is 45.4 Å². The number of halogens is 1. The van der Waals surface area contributed by atoms with Gasteiger partial charge >= 0.3 is 0 Å². The third-order valence-corrected chi connectivity index (χ3v) is 5.52. The Balaban J connectivity index is 2.26. The van der Waals surface area contributed by atoms with Gasteiger partial charge in [0.25, 0.3) is 0 Å². The standard InChI is InChI=1S/C12H13ClN2O3S2/c1-8(12-14-4-5-19-12)15-20(17,18)10-2-3-11(13)9(6-10)7-16/h2-6,8,15-16H,7H2,1H3. The number of benzene rings is 1. The number of thiazole rings is 1. The predicted molar refractivity (Wildman–Crippen MR) is 78.2 cm³/mol. The third-order valence-electron chi connectivity index (χ3n) is 2.65. The maximum Gasteiger partial charge on any atom is 0.241 e. The van der Waals surface area contributed by atoms with E-state index in [1.807, 2.05) is 0 Å². The van der Waals surface area contributed by atoms with Gasteiger partial charge in [0.05, 0.1) is 17.5 Å². The summed E-state index contributed by atoms with van der Waals surface area (Å²) in [5.74, 6) is 0. The molecule has 0 amide bonds. The average Bonchev–Trinajstić information content (AvgIpc) is 2.92. The number of aliphatic hydroxyl groups excluding tert-OH is 1. The van der Waals surface area contributed by atoms with Crippen LogP contribution in [0.1, 0.15) is 23.5 Å².